The molecule has 0 aromatic carbocycles. The number of nitrogens with two attached hydrogens (primary N) is 1. The Bertz CT molecular complexity index is 202. The van der Waals surface area contributed by atoms with Crippen molar-refractivity contribution in [3.05, 3.63) is 0 Å². The van der Waals surface area contributed by atoms with Gasteiger partial charge < -0.3 is 15.2 Å². The molecule has 0 aliphatic rings. The van der Waals surface area contributed by atoms with Gasteiger partial charge in [-0.2, -0.15) is 0 Å². The van der Waals surface area contributed by atoms with Crippen LogP contribution in [0.15, 0.2) is 0 Å². The van der Waals surface area contributed by atoms with Crippen LogP contribution < -0.4 is 5.73 Å². The molecular formula is C11H23NO3. The van der Waals surface area contributed by atoms with E-state index in [4.69, 9.17) is 15.2 Å². The molecule has 15 heavy (non-hydrogen) atoms. The smallest absolute Gasteiger partial charge is 0.323 e. The monoisotopic (exact) mass is 217 g/mol. The van der Waals surface area contributed by atoms with E-state index in [1.807, 2.05) is 27.7 Å². The Labute approximate surface area is 92.1 Å². The van der Waals surface area contributed by atoms with Crippen molar-refractivity contribution < 1.29 is 14.3 Å². The Morgan fingerprint density at radius 2 is 1.93 bits per heavy atom. The second-order valence-corrected chi connectivity index (χ2v) is 4.65. The van der Waals surface area contributed by atoms with Crippen LogP contribution in [0.2, 0.25) is 0 Å². The lowest BCUT2D eigenvalue weighted by Crippen LogP contribution is -2.37. The topological polar surface area (TPSA) is 61.5 Å². The predicted molar refractivity (Wildman–Crippen MR) is 59.5 cm³/mol. The fraction of sp³-hybridized carbons (Fsp3) is 0.909. The third kappa shape index (κ3) is 5.74. The zero-order chi connectivity index (χ0) is 12.1. The Morgan fingerprint density at radius 3 is 2.33 bits per heavy atom. The van der Waals surface area contributed by atoms with E-state index in [-0.39, 0.29) is 17.5 Å². The van der Waals surface area contributed by atoms with Crippen LogP contribution in [0.4, 0.5) is 0 Å². The molecule has 0 rings (SSSR count). The van der Waals surface area contributed by atoms with Gasteiger partial charge >= 0.3 is 5.97 Å². The zero-order valence-electron chi connectivity index (χ0n) is 10.4. The van der Waals surface area contributed by atoms with E-state index in [1.54, 1.807) is 7.11 Å². The molecule has 90 valence electrons. The maximum Gasteiger partial charge on any atom is 0.323 e. The fourth-order valence-corrected chi connectivity index (χ4v) is 0.868. The quantitative estimate of drug-likeness (QED) is 0.682. The van der Waals surface area contributed by atoms with Crippen LogP contribution in [-0.2, 0) is 14.3 Å². The lowest BCUT2D eigenvalue weighted by atomic mass is 10.1. The molecule has 0 fully saturated rings. The normalized spacial score (nSPS) is 14.1. The average molecular weight is 217 g/mol. The molecule has 0 aliphatic heterocycles. The summed E-state index contributed by atoms with van der Waals surface area (Å²) in [6.07, 6.45) is 0.667. The number of carbonyl (C=O) groups excluding carboxylic acids is 1. The van der Waals surface area contributed by atoms with Gasteiger partial charge in [0, 0.05) is 13.5 Å². The molecule has 0 bridgehead atoms. The fourth-order valence-electron chi connectivity index (χ4n) is 0.868. The highest BCUT2D eigenvalue weighted by Gasteiger charge is 2.21. The minimum absolute atomic E-state index is 0.105. The van der Waals surface area contributed by atoms with Gasteiger partial charge in [0.25, 0.3) is 0 Å². The number of hydrogen-bond donors (Lipinski definition) is 1. The molecule has 0 spiro atoms. The molecule has 0 unspecified atom stereocenters. The number of rotatable bonds is 6. The molecule has 4 nitrogen and oxygen atoms in total. The SMILES string of the molecule is COC(C)(C)CCOC(=O)[C@H](N)C(C)C. The number of methoxy groups -OCH3 is 1. The van der Waals surface area contributed by atoms with Crippen LogP contribution in [0.3, 0.4) is 0 Å². The molecule has 2 N–H and O–H groups in total. The van der Waals surface area contributed by atoms with Crippen molar-refractivity contribution in [2.24, 2.45) is 11.7 Å². The van der Waals surface area contributed by atoms with Gasteiger partial charge in [-0.15, -0.1) is 0 Å². The van der Waals surface area contributed by atoms with Gasteiger partial charge in [-0.3, -0.25) is 4.79 Å². The number of ether oxygens (including phenoxy) is 2. The highest BCUT2D eigenvalue weighted by Crippen LogP contribution is 2.12. The Balaban J connectivity index is 3.83. The Hall–Kier alpha value is -0.610. The van der Waals surface area contributed by atoms with E-state index in [0.29, 0.717) is 13.0 Å². The van der Waals surface area contributed by atoms with Gasteiger partial charge in [-0.05, 0) is 19.8 Å². The summed E-state index contributed by atoms with van der Waals surface area (Å²) in [7, 11) is 1.64. The van der Waals surface area contributed by atoms with Gasteiger partial charge in [0.1, 0.15) is 6.04 Å². The van der Waals surface area contributed by atoms with Crippen molar-refractivity contribution in [3.63, 3.8) is 0 Å². The minimum Gasteiger partial charge on any atom is -0.464 e. The van der Waals surface area contributed by atoms with Crippen molar-refractivity contribution in [1.82, 2.24) is 0 Å². The Morgan fingerprint density at radius 1 is 1.40 bits per heavy atom. The lowest BCUT2D eigenvalue weighted by Gasteiger charge is -2.23. The second-order valence-electron chi connectivity index (χ2n) is 4.65. The molecular weight excluding hydrogens is 194 g/mol. The number of carbonyl (C=O) groups is 1. The summed E-state index contributed by atoms with van der Waals surface area (Å²) < 4.78 is 10.3. The summed E-state index contributed by atoms with van der Waals surface area (Å²) in [6, 6.07) is -0.532. The predicted octanol–water partition coefficient (Wildman–Crippen LogP) is 1.33. The van der Waals surface area contributed by atoms with Crippen molar-refractivity contribution in [3.8, 4) is 0 Å². The van der Waals surface area contributed by atoms with Gasteiger partial charge in [0.2, 0.25) is 0 Å². The summed E-state index contributed by atoms with van der Waals surface area (Å²) in [5.74, 6) is -0.232. The third-order valence-electron chi connectivity index (χ3n) is 2.49. The average Bonchev–Trinajstić information content (AvgIpc) is 2.16. The molecule has 0 saturated carbocycles. The van der Waals surface area contributed by atoms with Crippen molar-refractivity contribution in [1.29, 1.82) is 0 Å². The maximum absolute atomic E-state index is 11.4. The zero-order valence-corrected chi connectivity index (χ0v) is 10.4. The maximum atomic E-state index is 11.4. The summed E-state index contributed by atoms with van der Waals surface area (Å²) in [5.41, 5.74) is 5.37. The third-order valence-corrected chi connectivity index (χ3v) is 2.49. The van der Waals surface area contributed by atoms with E-state index in [0.717, 1.165) is 0 Å². The van der Waals surface area contributed by atoms with Crippen LogP contribution in [0.25, 0.3) is 0 Å². The first-order valence-corrected chi connectivity index (χ1v) is 5.27. The van der Waals surface area contributed by atoms with E-state index in [2.05, 4.69) is 0 Å². The largest absolute Gasteiger partial charge is 0.464 e. The molecule has 0 saturated heterocycles. The number of hydrogen-bond acceptors (Lipinski definition) is 4. The van der Waals surface area contributed by atoms with Crippen LogP contribution in [-0.4, -0.2) is 31.3 Å². The van der Waals surface area contributed by atoms with E-state index < -0.39 is 6.04 Å². The summed E-state index contributed by atoms with van der Waals surface area (Å²) in [4.78, 5) is 11.4. The summed E-state index contributed by atoms with van der Waals surface area (Å²) in [5, 5.41) is 0. The minimum atomic E-state index is -0.532. The van der Waals surface area contributed by atoms with Gasteiger partial charge in [0.15, 0.2) is 0 Å². The van der Waals surface area contributed by atoms with E-state index in [1.165, 1.54) is 0 Å². The van der Waals surface area contributed by atoms with Gasteiger partial charge in [-0.1, -0.05) is 13.8 Å². The molecule has 0 aromatic heterocycles. The van der Waals surface area contributed by atoms with Crippen LogP contribution in [0.1, 0.15) is 34.1 Å². The lowest BCUT2D eigenvalue weighted by molar-refractivity contribution is -0.147. The first kappa shape index (κ1) is 14.4. The summed E-state index contributed by atoms with van der Waals surface area (Å²) in [6.45, 7) is 8.03. The van der Waals surface area contributed by atoms with Crippen molar-refractivity contribution in [2.75, 3.05) is 13.7 Å². The highest BCUT2D eigenvalue weighted by atomic mass is 16.5. The molecule has 0 aromatic rings. The second kappa shape index (κ2) is 6.08. The van der Waals surface area contributed by atoms with Crippen molar-refractivity contribution >= 4 is 5.97 Å². The Kier molecular flexibility index (Phi) is 5.83. The summed E-state index contributed by atoms with van der Waals surface area (Å²) >= 11 is 0. The molecule has 0 aliphatic carbocycles. The van der Waals surface area contributed by atoms with E-state index in [9.17, 15) is 4.79 Å². The van der Waals surface area contributed by atoms with Crippen LogP contribution >= 0.6 is 0 Å². The van der Waals surface area contributed by atoms with Crippen LogP contribution in [0.5, 0.6) is 0 Å². The standard InChI is InChI=1S/C11H23NO3/c1-8(2)9(12)10(13)15-7-6-11(3,4)14-5/h8-9H,6-7,12H2,1-5H3/t9-/m1/s1. The van der Waals surface area contributed by atoms with E-state index >= 15 is 0 Å². The molecule has 0 radical (unpaired) electrons. The van der Waals surface area contributed by atoms with Crippen molar-refractivity contribution in [2.45, 2.75) is 45.8 Å². The van der Waals surface area contributed by atoms with Crippen LogP contribution in [0, 0.1) is 5.92 Å². The molecule has 0 heterocycles. The van der Waals surface area contributed by atoms with Gasteiger partial charge in [0.05, 0.1) is 12.2 Å². The first-order valence-electron chi connectivity index (χ1n) is 5.27. The highest BCUT2D eigenvalue weighted by molar-refractivity contribution is 5.75. The molecule has 4 heteroatoms. The molecule has 1 atom stereocenters. The first-order chi connectivity index (χ1) is 6.80. The molecule has 0 amide bonds. The van der Waals surface area contributed by atoms with Gasteiger partial charge in [-0.25, -0.2) is 0 Å². The number of esters is 1.